The fraction of sp³-hybridized carbons (Fsp3) is 0.136. The predicted octanol–water partition coefficient (Wildman–Crippen LogP) is 3.81. The highest BCUT2D eigenvalue weighted by atomic mass is 32.2. The maximum atomic E-state index is 12.5. The number of amides is 1. The molecule has 2 heterocycles. The fourth-order valence-electron chi connectivity index (χ4n) is 2.97. The summed E-state index contributed by atoms with van der Waals surface area (Å²) >= 11 is 1.31. The van der Waals surface area contributed by atoms with E-state index in [-0.39, 0.29) is 11.7 Å². The second kappa shape index (κ2) is 9.40. The first-order valence-electron chi connectivity index (χ1n) is 9.48. The van der Waals surface area contributed by atoms with Crippen molar-refractivity contribution in [2.45, 2.75) is 5.16 Å². The molecule has 1 N–H and O–H groups in total. The normalized spacial score (nSPS) is 10.6. The van der Waals surface area contributed by atoms with Gasteiger partial charge in [-0.3, -0.25) is 9.47 Å². The average molecular weight is 436 g/mol. The molecule has 4 rings (SSSR count). The van der Waals surface area contributed by atoms with Crippen LogP contribution in [0.15, 0.2) is 78.2 Å². The summed E-state index contributed by atoms with van der Waals surface area (Å²) in [5, 5.41) is 12.2. The van der Waals surface area contributed by atoms with Gasteiger partial charge in [0.15, 0.2) is 5.82 Å². The Hall–Kier alpha value is -3.72. The molecule has 8 nitrogen and oxygen atoms in total. The largest absolute Gasteiger partial charge is 0.497 e. The summed E-state index contributed by atoms with van der Waals surface area (Å²) in [6, 6.07) is 18.7. The van der Waals surface area contributed by atoms with Crippen LogP contribution in [-0.4, -0.2) is 45.4 Å². The van der Waals surface area contributed by atoms with Gasteiger partial charge in [-0.15, -0.1) is 10.2 Å². The van der Waals surface area contributed by atoms with Gasteiger partial charge in [0.25, 0.3) is 0 Å². The van der Waals surface area contributed by atoms with Gasteiger partial charge in [-0.05, 0) is 48.5 Å². The summed E-state index contributed by atoms with van der Waals surface area (Å²) in [6.45, 7) is 0. The smallest absolute Gasteiger partial charge is 0.234 e. The van der Waals surface area contributed by atoms with E-state index in [9.17, 15) is 4.79 Å². The van der Waals surface area contributed by atoms with Crippen LogP contribution in [0.1, 0.15) is 0 Å². The van der Waals surface area contributed by atoms with E-state index in [0.717, 1.165) is 11.3 Å². The number of carbonyl (C=O) groups excluding carboxylic acids is 1. The molecule has 0 aliphatic rings. The Kier molecular flexibility index (Phi) is 6.23. The van der Waals surface area contributed by atoms with Gasteiger partial charge in [0.1, 0.15) is 11.5 Å². The lowest BCUT2D eigenvalue weighted by molar-refractivity contribution is -0.113. The van der Waals surface area contributed by atoms with Gasteiger partial charge >= 0.3 is 0 Å². The number of nitrogens with zero attached hydrogens (tertiary/aromatic N) is 4. The number of thioether (sulfide) groups is 1. The molecular weight excluding hydrogens is 414 g/mol. The van der Waals surface area contributed by atoms with Crippen LogP contribution in [0.3, 0.4) is 0 Å². The van der Waals surface area contributed by atoms with E-state index in [0.29, 0.717) is 22.4 Å². The molecule has 2 aromatic carbocycles. The van der Waals surface area contributed by atoms with Crippen LogP contribution in [0.2, 0.25) is 0 Å². The summed E-state index contributed by atoms with van der Waals surface area (Å²) in [5.74, 6) is 2.14. The summed E-state index contributed by atoms with van der Waals surface area (Å²) in [7, 11) is 3.22. The Bertz CT molecular complexity index is 1160. The van der Waals surface area contributed by atoms with Crippen molar-refractivity contribution in [2.75, 3.05) is 25.3 Å². The number of ether oxygens (including phenoxy) is 2. The molecular formula is C22H21N5O3S. The van der Waals surface area contributed by atoms with Gasteiger partial charge in [-0.25, -0.2) is 4.68 Å². The highest BCUT2D eigenvalue weighted by Gasteiger charge is 2.17. The number of hydrogen-bond donors (Lipinski definition) is 1. The fourth-order valence-corrected chi connectivity index (χ4v) is 3.70. The minimum absolute atomic E-state index is 0.147. The summed E-state index contributed by atoms with van der Waals surface area (Å²) in [5.41, 5.74) is 1.56. The topological polar surface area (TPSA) is 83.2 Å². The van der Waals surface area contributed by atoms with Crippen molar-refractivity contribution in [1.82, 2.24) is 19.5 Å². The molecule has 9 heteroatoms. The number of aromatic nitrogens is 4. The van der Waals surface area contributed by atoms with Crippen LogP contribution in [0, 0.1) is 0 Å². The van der Waals surface area contributed by atoms with E-state index in [1.165, 1.54) is 11.8 Å². The highest BCUT2D eigenvalue weighted by Crippen LogP contribution is 2.26. The second-order valence-electron chi connectivity index (χ2n) is 6.48. The third-order valence-corrected chi connectivity index (χ3v) is 5.39. The SMILES string of the molecule is COc1ccc(-c2nnc(SCC(=O)Nc3cccc(OC)c3)n2-n2cccc2)cc1. The summed E-state index contributed by atoms with van der Waals surface area (Å²) in [4.78, 5) is 12.5. The van der Waals surface area contributed by atoms with Crippen molar-refractivity contribution in [1.29, 1.82) is 0 Å². The Morgan fingerprint density at radius 1 is 0.968 bits per heavy atom. The molecule has 2 aromatic heterocycles. The summed E-state index contributed by atoms with van der Waals surface area (Å²) < 4.78 is 14.2. The zero-order chi connectivity index (χ0) is 21.6. The molecule has 0 fully saturated rings. The van der Waals surface area contributed by atoms with Crippen LogP contribution in [0.25, 0.3) is 11.4 Å². The van der Waals surface area contributed by atoms with Crippen molar-refractivity contribution in [3.63, 3.8) is 0 Å². The molecule has 0 aliphatic heterocycles. The van der Waals surface area contributed by atoms with E-state index in [2.05, 4.69) is 15.5 Å². The van der Waals surface area contributed by atoms with Crippen molar-refractivity contribution < 1.29 is 14.3 Å². The van der Waals surface area contributed by atoms with Crippen molar-refractivity contribution in [3.05, 3.63) is 73.1 Å². The molecule has 0 radical (unpaired) electrons. The van der Waals surface area contributed by atoms with Crippen LogP contribution in [0.5, 0.6) is 11.5 Å². The lowest BCUT2D eigenvalue weighted by Gasteiger charge is -2.12. The standard InChI is InChI=1S/C22H21N5O3S/c1-29-18-10-8-16(9-11-18)21-24-25-22(27(21)26-12-3-4-13-26)31-15-20(28)23-17-6-5-7-19(14-17)30-2/h3-14H,15H2,1-2H3,(H,23,28). The molecule has 158 valence electrons. The molecule has 4 aromatic rings. The van der Waals surface area contributed by atoms with Crippen molar-refractivity contribution in [3.8, 4) is 22.9 Å². The van der Waals surface area contributed by atoms with E-state index in [1.54, 1.807) is 20.3 Å². The first kappa shape index (κ1) is 20.5. The molecule has 0 aliphatic carbocycles. The van der Waals surface area contributed by atoms with E-state index < -0.39 is 0 Å². The van der Waals surface area contributed by atoms with Gasteiger partial charge in [0.05, 0.1) is 20.0 Å². The number of benzene rings is 2. The zero-order valence-electron chi connectivity index (χ0n) is 17.1. The van der Waals surface area contributed by atoms with E-state index in [1.807, 2.05) is 76.3 Å². The van der Waals surface area contributed by atoms with Crippen LogP contribution < -0.4 is 14.8 Å². The number of rotatable bonds is 8. The predicted molar refractivity (Wildman–Crippen MR) is 120 cm³/mol. The molecule has 31 heavy (non-hydrogen) atoms. The maximum Gasteiger partial charge on any atom is 0.234 e. The van der Waals surface area contributed by atoms with Gasteiger partial charge in [-0.2, -0.15) is 0 Å². The molecule has 0 saturated heterocycles. The van der Waals surface area contributed by atoms with Gasteiger partial charge < -0.3 is 14.8 Å². The number of nitrogens with one attached hydrogen (secondary N) is 1. The first-order chi connectivity index (χ1) is 15.2. The van der Waals surface area contributed by atoms with Crippen molar-refractivity contribution in [2.24, 2.45) is 0 Å². The Labute approximate surface area is 183 Å². The van der Waals surface area contributed by atoms with Crippen molar-refractivity contribution >= 4 is 23.4 Å². The Morgan fingerprint density at radius 3 is 2.42 bits per heavy atom. The lowest BCUT2D eigenvalue weighted by Crippen LogP contribution is -2.15. The van der Waals surface area contributed by atoms with Gasteiger partial charge in [0, 0.05) is 29.7 Å². The number of carbonyl (C=O) groups is 1. The van der Waals surface area contributed by atoms with Crippen LogP contribution in [-0.2, 0) is 4.79 Å². The molecule has 0 spiro atoms. The lowest BCUT2D eigenvalue weighted by atomic mass is 10.2. The highest BCUT2D eigenvalue weighted by molar-refractivity contribution is 7.99. The number of anilines is 1. The average Bonchev–Trinajstić information content (AvgIpc) is 3.47. The quantitative estimate of drug-likeness (QED) is 0.424. The maximum absolute atomic E-state index is 12.5. The number of methoxy groups -OCH3 is 2. The minimum atomic E-state index is -0.147. The molecule has 0 saturated carbocycles. The number of hydrogen-bond acceptors (Lipinski definition) is 6. The van der Waals surface area contributed by atoms with Gasteiger partial charge in [-0.1, -0.05) is 17.8 Å². The van der Waals surface area contributed by atoms with E-state index >= 15 is 0 Å². The minimum Gasteiger partial charge on any atom is -0.497 e. The molecule has 0 unspecified atom stereocenters. The Balaban J connectivity index is 1.54. The van der Waals surface area contributed by atoms with Gasteiger partial charge in [0.2, 0.25) is 11.1 Å². The zero-order valence-corrected chi connectivity index (χ0v) is 17.9. The first-order valence-corrected chi connectivity index (χ1v) is 10.5. The molecule has 0 bridgehead atoms. The van der Waals surface area contributed by atoms with Crippen LogP contribution in [0.4, 0.5) is 5.69 Å². The summed E-state index contributed by atoms with van der Waals surface area (Å²) in [6.07, 6.45) is 3.80. The Morgan fingerprint density at radius 2 is 1.71 bits per heavy atom. The molecule has 0 atom stereocenters. The third-order valence-electron chi connectivity index (χ3n) is 4.47. The molecule has 1 amide bonds. The van der Waals surface area contributed by atoms with Crippen LogP contribution >= 0.6 is 11.8 Å². The third kappa shape index (κ3) is 4.72. The second-order valence-corrected chi connectivity index (χ2v) is 7.42. The van der Waals surface area contributed by atoms with E-state index in [4.69, 9.17) is 9.47 Å². The monoisotopic (exact) mass is 435 g/mol.